The summed E-state index contributed by atoms with van der Waals surface area (Å²) >= 11 is 0. The van der Waals surface area contributed by atoms with Crippen LogP contribution >= 0.6 is 0 Å². The molecule has 2 saturated heterocycles. The number of esters is 1. The van der Waals surface area contributed by atoms with Crippen molar-refractivity contribution in [2.24, 2.45) is 11.3 Å². The summed E-state index contributed by atoms with van der Waals surface area (Å²) in [6.07, 6.45) is -0.351. The molecule has 2 fully saturated rings. The molecule has 6 heteroatoms. The molecule has 0 aliphatic carbocycles. The molecule has 2 heterocycles. The van der Waals surface area contributed by atoms with Gasteiger partial charge in [0.15, 0.2) is 0 Å². The van der Waals surface area contributed by atoms with Crippen LogP contribution in [0, 0.1) is 11.3 Å². The monoisotopic (exact) mass is 284 g/mol. The van der Waals surface area contributed by atoms with Gasteiger partial charge in [-0.05, 0) is 27.7 Å². The summed E-state index contributed by atoms with van der Waals surface area (Å²) < 4.78 is 10.5. The molecule has 1 atom stereocenters. The number of carbonyl (C=O) groups is 2. The first kappa shape index (κ1) is 15.1. The third kappa shape index (κ3) is 2.90. The van der Waals surface area contributed by atoms with Crippen molar-refractivity contribution in [1.82, 2.24) is 10.2 Å². The molecule has 6 nitrogen and oxygen atoms in total. The van der Waals surface area contributed by atoms with Gasteiger partial charge in [0.05, 0.1) is 12.5 Å². The Bertz CT molecular complexity index is 398. The fourth-order valence-corrected chi connectivity index (χ4v) is 2.81. The Kier molecular flexibility index (Phi) is 3.95. The number of rotatable bonds is 2. The van der Waals surface area contributed by atoms with Crippen molar-refractivity contribution in [3.05, 3.63) is 0 Å². The number of amides is 1. The van der Waals surface area contributed by atoms with Crippen molar-refractivity contribution in [2.45, 2.75) is 33.3 Å². The first-order chi connectivity index (χ1) is 9.27. The molecule has 1 amide bonds. The van der Waals surface area contributed by atoms with E-state index in [9.17, 15) is 9.59 Å². The molecule has 1 N–H and O–H groups in total. The van der Waals surface area contributed by atoms with Crippen LogP contribution in [0.25, 0.3) is 0 Å². The summed E-state index contributed by atoms with van der Waals surface area (Å²) in [4.78, 5) is 25.9. The lowest BCUT2D eigenvalue weighted by Crippen LogP contribution is -2.59. The lowest BCUT2D eigenvalue weighted by Gasteiger charge is -2.42. The van der Waals surface area contributed by atoms with E-state index in [4.69, 9.17) is 9.47 Å². The van der Waals surface area contributed by atoms with Crippen LogP contribution in [0.15, 0.2) is 0 Å². The molecular weight excluding hydrogens is 260 g/mol. The van der Waals surface area contributed by atoms with Crippen molar-refractivity contribution in [3.63, 3.8) is 0 Å². The first-order valence-corrected chi connectivity index (χ1v) is 7.13. The molecule has 2 aliphatic rings. The van der Waals surface area contributed by atoms with E-state index in [2.05, 4.69) is 5.32 Å². The minimum atomic E-state index is -0.524. The fourth-order valence-electron chi connectivity index (χ4n) is 2.81. The van der Waals surface area contributed by atoms with Crippen LogP contribution < -0.4 is 5.32 Å². The predicted molar refractivity (Wildman–Crippen MR) is 73.2 cm³/mol. The zero-order chi connectivity index (χ0) is 15.0. The van der Waals surface area contributed by atoms with E-state index < -0.39 is 5.60 Å². The molecule has 114 valence electrons. The molecule has 0 bridgehead atoms. The minimum Gasteiger partial charge on any atom is -0.466 e. The first-order valence-electron chi connectivity index (χ1n) is 7.13. The van der Waals surface area contributed by atoms with Crippen LogP contribution in [-0.2, 0) is 14.3 Å². The van der Waals surface area contributed by atoms with Gasteiger partial charge in [-0.25, -0.2) is 4.79 Å². The SMILES string of the molecule is CCOC(=O)C1CN(C(=O)OC(C)(C)C)CC12CNC2. The molecule has 2 aliphatic heterocycles. The highest BCUT2D eigenvalue weighted by atomic mass is 16.6. The quantitative estimate of drug-likeness (QED) is 0.766. The molecular formula is C14H24N2O4. The zero-order valence-corrected chi connectivity index (χ0v) is 12.7. The standard InChI is InChI=1S/C14H24N2O4/c1-5-19-11(17)10-6-16(9-14(10)7-15-8-14)12(18)20-13(2,3)4/h10,15H,5-9H2,1-4H3. The van der Waals surface area contributed by atoms with E-state index in [0.29, 0.717) is 19.7 Å². The van der Waals surface area contributed by atoms with E-state index in [1.54, 1.807) is 11.8 Å². The van der Waals surface area contributed by atoms with E-state index >= 15 is 0 Å². The Labute approximate surface area is 119 Å². The van der Waals surface area contributed by atoms with Crippen LogP contribution in [0.1, 0.15) is 27.7 Å². The van der Waals surface area contributed by atoms with Crippen molar-refractivity contribution in [2.75, 3.05) is 32.8 Å². The summed E-state index contributed by atoms with van der Waals surface area (Å²) in [6.45, 7) is 10.1. The molecule has 1 spiro atoms. The molecule has 2 rings (SSSR count). The molecule has 20 heavy (non-hydrogen) atoms. The Morgan fingerprint density at radius 2 is 2.00 bits per heavy atom. The van der Waals surface area contributed by atoms with Crippen LogP contribution in [0.4, 0.5) is 4.79 Å². The molecule has 1 unspecified atom stereocenters. The summed E-state index contributed by atoms with van der Waals surface area (Å²) in [6, 6.07) is 0. The number of nitrogens with one attached hydrogen (secondary N) is 1. The van der Waals surface area contributed by atoms with Crippen molar-refractivity contribution in [3.8, 4) is 0 Å². The van der Waals surface area contributed by atoms with E-state index in [-0.39, 0.29) is 23.4 Å². The van der Waals surface area contributed by atoms with Gasteiger partial charge >= 0.3 is 12.1 Å². The lowest BCUT2D eigenvalue weighted by molar-refractivity contribution is -0.152. The van der Waals surface area contributed by atoms with Gasteiger partial charge in [0, 0.05) is 31.6 Å². The molecule has 0 saturated carbocycles. The third-order valence-corrected chi connectivity index (χ3v) is 3.82. The maximum Gasteiger partial charge on any atom is 0.410 e. The summed E-state index contributed by atoms with van der Waals surface area (Å²) in [5, 5.41) is 3.19. The van der Waals surface area contributed by atoms with E-state index in [1.807, 2.05) is 20.8 Å². The van der Waals surface area contributed by atoms with Gasteiger partial charge in [0.2, 0.25) is 0 Å². The second-order valence-electron chi connectivity index (χ2n) is 6.63. The molecule has 0 aromatic carbocycles. The number of hydrogen-bond acceptors (Lipinski definition) is 5. The molecule has 0 aromatic heterocycles. The normalized spacial score (nSPS) is 24.4. The third-order valence-electron chi connectivity index (χ3n) is 3.82. The predicted octanol–water partition coefficient (Wildman–Crippen LogP) is 1.01. The summed E-state index contributed by atoms with van der Waals surface area (Å²) in [7, 11) is 0. The smallest absolute Gasteiger partial charge is 0.410 e. The maximum absolute atomic E-state index is 12.1. The van der Waals surface area contributed by atoms with Gasteiger partial charge in [0.25, 0.3) is 0 Å². The van der Waals surface area contributed by atoms with Crippen LogP contribution in [-0.4, -0.2) is 55.3 Å². The van der Waals surface area contributed by atoms with Gasteiger partial charge in [-0.1, -0.05) is 0 Å². The average Bonchev–Trinajstić information content (AvgIpc) is 2.67. The Morgan fingerprint density at radius 1 is 1.35 bits per heavy atom. The Hall–Kier alpha value is -1.30. The number of ether oxygens (including phenoxy) is 2. The fraction of sp³-hybridized carbons (Fsp3) is 0.857. The van der Waals surface area contributed by atoms with Gasteiger partial charge in [-0.15, -0.1) is 0 Å². The average molecular weight is 284 g/mol. The second-order valence-corrected chi connectivity index (χ2v) is 6.63. The minimum absolute atomic E-state index is 0.177. The number of likely N-dealkylation sites (tertiary alicyclic amines) is 1. The van der Waals surface area contributed by atoms with E-state index in [0.717, 1.165) is 13.1 Å². The molecule has 0 aromatic rings. The van der Waals surface area contributed by atoms with Crippen LogP contribution in [0.3, 0.4) is 0 Å². The van der Waals surface area contributed by atoms with Gasteiger partial charge in [-0.2, -0.15) is 0 Å². The Morgan fingerprint density at radius 3 is 2.45 bits per heavy atom. The van der Waals surface area contributed by atoms with E-state index in [1.165, 1.54) is 0 Å². The molecule has 0 radical (unpaired) electrons. The zero-order valence-electron chi connectivity index (χ0n) is 12.7. The van der Waals surface area contributed by atoms with Gasteiger partial charge in [0.1, 0.15) is 5.60 Å². The largest absolute Gasteiger partial charge is 0.466 e. The Balaban J connectivity index is 2.05. The highest BCUT2D eigenvalue weighted by molar-refractivity contribution is 5.77. The number of hydrogen-bond donors (Lipinski definition) is 1. The van der Waals surface area contributed by atoms with Crippen molar-refractivity contribution in [1.29, 1.82) is 0 Å². The highest BCUT2D eigenvalue weighted by Gasteiger charge is 2.55. The van der Waals surface area contributed by atoms with Crippen LogP contribution in [0.2, 0.25) is 0 Å². The number of carbonyl (C=O) groups excluding carboxylic acids is 2. The van der Waals surface area contributed by atoms with Crippen LogP contribution in [0.5, 0.6) is 0 Å². The van der Waals surface area contributed by atoms with Crippen molar-refractivity contribution < 1.29 is 19.1 Å². The van der Waals surface area contributed by atoms with Gasteiger partial charge < -0.3 is 19.7 Å². The maximum atomic E-state index is 12.1. The number of nitrogens with zero attached hydrogens (tertiary/aromatic N) is 1. The second kappa shape index (κ2) is 5.24. The summed E-state index contributed by atoms with van der Waals surface area (Å²) in [5.41, 5.74) is -0.701. The lowest BCUT2D eigenvalue weighted by atomic mass is 9.73. The topological polar surface area (TPSA) is 67.9 Å². The highest BCUT2D eigenvalue weighted by Crippen LogP contribution is 2.40. The van der Waals surface area contributed by atoms with Gasteiger partial charge in [-0.3, -0.25) is 4.79 Å². The summed E-state index contributed by atoms with van der Waals surface area (Å²) in [5.74, 6) is -0.462. The van der Waals surface area contributed by atoms with Crippen molar-refractivity contribution >= 4 is 12.1 Å².